The van der Waals surface area contributed by atoms with Crippen LogP contribution in [0, 0.1) is 0 Å². The molecular weight excluding hydrogens is 439 g/mol. The molecule has 0 saturated carbocycles. The Labute approximate surface area is 179 Å². The minimum Gasteiger partial charge on any atom is -0.393 e. The molecule has 8 nitrogen and oxygen atoms in total. The number of anilines is 1. The van der Waals surface area contributed by atoms with E-state index in [2.05, 4.69) is 20.7 Å². The van der Waals surface area contributed by atoms with E-state index < -0.39 is 30.6 Å². The molecule has 0 bridgehead atoms. The van der Waals surface area contributed by atoms with E-state index in [1.54, 1.807) is 12.1 Å². The molecule has 0 aliphatic carbocycles. The summed E-state index contributed by atoms with van der Waals surface area (Å²) in [5.41, 5.74) is -0.206. The number of hydrogen-bond donors (Lipinski definition) is 4. The first-order valence-corrected chi connectivity index (χ1v) is 9.27. The van der Waals surface area contributed by atoms with Gasteiger partial charge in [0.2, 0.25) is 0 Å². The molecule has 3 aromatic rings. The maximum absolute atomic E-state index is 13.1. The van der Waals surface area contributed by atoms with E-state index in [4.69, 9.17) is 16.7 Å². The molecule has 0 radical (unpaired) electrons. The van der Waals surface area contributed by atoms with Crippen LogP contribution in [0.3, 0.4) is 0 Å². The Kier molecular flexibility index (Phi) is 6.78. The van der Waals surface area contributed by atoms with Crippen molar-refractivity contribution in [1.29, 1.82) is 0 Å². The summed E-state index contributed by atoms with van der Waals surface area (Å²) in [4.78, 5) is 16.1. The number of amides is 2. The minimum absolute atomic E-state index is 0.0873. The summed E-state index contributed by atoms with van der Waals surface area (Å²) in [6.45, 7) is -0.753. The lowest BCUT2D eigenvalue weighted by atomic mass is 10.2. The number of halogens is 4. The van der Waals surface area contributed by atoms with Crippen molar-refractivity contribution in [2.45, 2.75) is 18.8 Å². The van der Waals surface area contributed by atoms with Gasteiger partial charge in [0, 0.05) is 5.02 Å². The smallest absolute Gasteiger partial charge is 0.393 e. The zero-order valence-electron chi connectivity index (χ0n) is 15.8. The zero-order chi connectivity index (χ0) is 22.6. The third-order valence-electron chi connectivity index (χ3n) is 4.11. The lowest BCUT2D eigenvalue weighted by Gasteiger charge is -2.11. The molecule has 0 aliphatic heterocycles. The maximum atomic E-state index is 13.1. The molecule has 2 heterocycles. The van der Waals surface area contributed by atoms with Gasteiger partial charge < -0.3 is 20.8 Å². The highest BCUT2D eigenvalue weighted by molar-refractivity contribution is 6.30. The number of pyridine rings is 1. The number of nitrogens with one attached hydrogen (secondary N) is 2. The van der Waals surface area contributed by atoms with Gasteiger partial charge in [0.15, 0.2) is 5.69 Å². The molecule has 2 amide bonds. The van der Waals surface area contributed by atoms with Crippen LogP contribution in [-0.2, 0) is 12.7 Å². The van der Waals surface area contributed by atoms with E-state index in [9.17, 15) is 23.1 Å². The second kappa shape index (κ2) is 9.33. The molecular formula is C19H17ClF3N5O3. The van der Waals surface area contributed by atoms with Crippen LogP contribution in [-0.4, -0.2) is 37.6 Å². The third kappa shape index (κ3) is 5.72. The van der Waals surface area contributed by atoms with Crippen molar-refractivity contribution in [2.24, 2.45) is 0 Å². The molecule has 31 heavy (non-hydrogen) atoms. The van der Waals surface area contributed by atoms with Gasteiger partial charge in [0.05, 0.1) is 42.1 Å². The number of aliphatic hydroxyl groups is 2. The fourth-order valence-electron chi connectivity index (χ4n) is 2.63. The number of nitrogens with zero attached hydrogens (tertiary/aromatic N) is 3. The first kappa shape index (κ1) is 22.5. The van der Waals surface area contributed by atoms with Crippen molar-refractivity contribution in [3.05, 3.63) is 70.8 Å². The van der Waals surface area contributed by atoms with Crippen LogP contribution < -0.4 is 10.6 Å². The number of benzene rings is 1. The van der Waals surface area contributed by atoms with E-state index in [0.29, 0.717) is 10.7 Å². The van der Waals surface area contributed by atoms with Gasteiger partial charge in [-0.15, -0.1) is 0 Å². The highest BCUT2D eigenvalue weighted by atomic mass is 35.5. The van der Waals surface area contributed by atoms with Crippen LogP contribution in [0.1, 0.15) is 23.2 Å². The third-order valence-corrected chi connectivity index (χ3v) is 4.35. The lowest BCUT2D eigenvalue weighted by Crippen LogP contribution is -2.29. The van der Waals surface area contributed by atoms with Crippen LogP contribution >= 0.6 is 11.6 Å². The highest BCUT2D eigenvalue weighted by Gasteiger charge is 2.35. The minimum atomic E-state index is -4.66. The average Bonchev–Trinajstić information content (AvgIpc) is 3.17. The SMILES string of the molecule is O=C(NCc1cc(C(F)(F)F)nn1-c1cccc(Cl)c1)Nc1ccc(C(O)CO)nc1. The molecule has 0 aliphatic rings. The van der Waals surface area contributed by atoms with Gasteiger partial charge in [-0.25, -0.2) is 9.48 Å². The molecule has 1 atom stereocenters. The van der Waals surface area contributed by atoms with Crippen LogP contribution in [0.5, 0.6) is 0 Å². The van der Waals surface area contributed by atoms with Crippen LogP contribution in [0.4, 0.5) is 23.7 Å². The molecule has 0 saturated heterocycles. The lowest BCUT2D eigenvalue weighted by molar-refractivity contribution is -0.141. The molecule has 4 N–H and O–H groups in total. The van der Waals surface area contributed by atoms with Crippen molar-refractivity contribution in [3.63, 3.8) is 0 Å². The summed E-state index contributed by atoms with van der Waals surface area (Å²) >= 11 is 5.92. The summed E-state index contributed by atoms with van der Waals surface area (Å²) in [7, 11) is 0. The molecule has 164 valence electrons. The van der Waals surface area contributed by atoms with Crippen LogP contribution in [0.2, 0.25) is 5.02 Å². The number of aliphatic hydroxyl groups excluding tert-OH is 2. The second-order valence-electron chi connectivity index (χ2n) is 6.39. The molecule has 3 rings (SSSR count). The van der Waals surface area contributed by atoms with Crippen molar-refractivity contribution < 1.29 is 28.2 Å². The molecule has 2 aromatic heterocycles. The Bertz CT molecular complexity index is 1060. The monoisotopic (exact) mass is 455 g/mol. The number of alkyl halides is 3. The van der Waals surface area contributed by atoms with Gasteiger partial charge in [0.1, 0.15) is 6.10 Å². The summed E-state index contributed by atoms with van der Waals surface area (Å²) in [5, 5.41) is 27.2. The zero-order valence-corrected chi connectivity index (χ0v) is 16.5. The summed E-state index contributed by atoms with van der Waals surface area (Å²) in [6, 6.07) is 9.16. The van der Waals surface area contributed by atoms with E-state index >= 15 is 0 Å². The first-order valence-electron chi connectivity index (χ1n) is 8.89. The van der Waals surface area contributed by atoms with Gasteiger partial charge in [-0.1, -0.05) is 17.7 Å². The standard InChI is InChI=1S/C19H17ClF3N5O3/c20-11-2-1-3-13(6-11)28-14(7-17(27-28)19(21,22)23)9-25-18(31)26-12-4-5-15(24-8-12)16(30)10-29/h1-8,16,29-30H,9-10H2,(H2,25,26,31). The van der Waals surface area contributed by atoms with Crippen molar-refractivity contribution in [1.82, 2.24) is 20.1 Å². The number of urea groups is 1. The van der Waals surface area contributed by atoms with Crippen LogP contribution in [0.15, 0.2) is 48.7 Å². The van der Waals surface area contributed by atoms with Crippen molar-refractivity contribution >= 4 is 23.3 Å². The quantitative estimate of drug-likeness (QED) is 0.455. The number of hydrogen-bond acceptors (Lipinski definition) is 5. The Morgan fingerprint density at radius 2 is 2.00 bits per heavy atom. The number of rotatable bonds is 6. The van der Waals surface area contributed by atoms with Gasteiger partial charge in [-0.3, -0.25) is 4.98 Å². The summed E-state index contributed by atoms with van der Waals surface area (Å²) in [6.07, 6.45) is -4.53. The van der Waals surface area contributed by atoms with Gasteiger partial charge in [-0.05, 0) is 36.4 Å². The molecule has 0 fully saturated rings. The predicted octanol–water partition coefficient (Wildman–Crippen LogP) is 3.29. The first-order chi connectivity index (χ1) is 14.7. The highest BCUT2D eigenvalue weighted by Crippen LogP contribution is 2.30. The van der Waals surface area contributed by atoms with Crippen molar-refractivity contribution in [3.8, 4) is 5.69 Å². The fourth-order valence-corrected chi connectivity index (χ4v) is 2.82. The Hall–Kier alpha value is -3.15. The summed E-state index contributed by atoms with van der Waals surface area (Å²) in [5.74, 6) is 0. The molecule has 0 spiro atoms. The fraction of sp³-hybridized carbons (Fsp3) is 0.211. The Morgan fingerprint density at radius 1 is 1.23 bits per heavy atom. The number of aromatic nitrogens is 3. The van der Waals surface area contributed by atoms with Gasteiger partial charge >= 0.3 is 12.2 Å². The Balaban J connectivity index is 1.73. The van der Waals surface area contributed by atoms with Gasteiger partial charge in [0.25, 0.3) is 0 Å². The topological polar surface area (TPSA) is 112 Å². The van der Waals surface area contributed by atoms with Gasteiger partial charge in [-0.2, -0.15) is 18.3 Å². The molecule has 12 heteroatoms. The largest absolute Gasteiger partial charge is 0.435 e. The van der Waals surface area contributed by atoms with Crippen molar-refractivity contribution in [2.75, 3.05) is 11.9 Å². The number of carbonyl (C=O) groups excluding carboxylic acids is 1. The van der Waals surface area contributed by atoms with E-state index in [1.807, 2.05) is 0 Å². The molecule has 1 aromatic carbocycles. The number of carbonyl (C=O) groups is 1. The second-order valence-corrected chi connectivity index (χ2v) is 6.82. The average molecular weight is 456 g/mol. The Morgan fingerprint density at radius 3 is 2.61 bits per heavy atom. The molecule has 1 unspecified atom stereocenters. The summed E-state index contributed by atoms with van der Waals surface area (Å²) < 4.78 is 40.5. The van der Waals surface area contributed by atoms with E-state index in [-0.39, 0.29) is 23.6 Å². The predicted molar refractivity (Wildman–Crippen MR) is 106 cm³/mol. The van der Waals surface area contributed by atoms with E-state index in [1.165, 1.54) is 30.5 Å². The van der Waals surface area contributed by atoms with Crippen LogP contribution in [0.25, 0.3) is 5.69 Å². The maximum Gasteiger partial charge on any atom is 0.435 e. The normalized spacial score (nSPS) is 12.5. The van der Waals surface area contributed by atoms with E-state index in [0.717, 1.165) is 10.7 Å².